The van der Waals surface area contributed by atoms with E-state index in [9.17, 15) is 0 Å². The zero-order valence-corrected chi connectivity index (χ0v) is 10.8. The normalized spacial score (nSPS) is 10.7. The molecule has 0 fully saturated rings. The van der Waals surface area contributed by atoms with Gasteiger partial charge in [-0.2, -0.15) is 0 Å². The second-order valence-electron chi connectivity index (χ2n) is 3.27. The minimum atomic E-state index is -0.225. The van der Waals surface area contributed by atoms with E-state index >= 15 is 0 Å². The smallest absolute Gasteiger partial charge is 0.173 e. The Morgan fingerprint density at radius 1 is 1.33 bits per heavy atom. The van der Waals surface area contributed by atoms with Crippen LogP contribution in [0, 0.1) is 6.92 Å². The van der Waals surface area contributed by atoms with Crippen molar-refractivity contribution >= 4 is 21.6 Å². The van der Waals surface area contributed by atoms with Crippen LogP contribution in [0.5, 0.6) is 0 Å². The van der Waals surface area contributed by atoms with Gasteiger partial charge in [0, 0.05) is 24.4 Å². The van der Waals surface area contributed by atoms with Crippen LogP contribution in [0.25, 0.3) is 0 Å². The Morgan fingerprint density at radius 2 is 2.00 bits per heavy atom. The number of methoxy groups -OCH3 is 2. The molecule has 1 aromatic carbocycles. The van der Waals surface area contributed by atoms with Crippen LogP contribution in [0.4, 0.5) is 5.69 Å². The molecule has 0 saturated carbocycles. The molecule has 0 unspecified atom stereocenters. The maximum absolute atomic E-state index is 5.09. The van der Waals surface area contributed by atoms with Gasteiger partial charge in [-0.15, -0.1) is 0 Å². The number of rotatable bonds is 5. The number of benzene rings is 1. The first kappa shape index (κ1) is 12.5. The Balaban J connectivity index is 2.60. The Labute approximate surface area is 98.9 Å². The Bertz CT molecular complexity index is 313. The van der Waals surface area contributed by atoms with Gasteiger partial charge < -0.3 is 14.8 Å². The van der Waals surface area contributed by atoms with E-state index < -0.39 is 0 Å². The highest BCUT2D eigenvalue weighted by Gasteiger charge is 2.05. The van der Waals surface area contributed by atoms with Gasteiger partial charge in [-0.3, -0.25) is 0 Å². The zero-order valence-electron chi connectivity index (χ0n) is 9.21. The van der Waals surface area contributed by atoms with Gasteiger partial charge in [0.05, 0.1) is 6.54 Å². The van der Waals surface area contributed by atoms with Crippen LogP contribution in [0.2, 0.25) is 0 Å². The first-order valence-corrected chi connectivity index (χ1v) is 5.52. The standard InChI is InChI=1S/C11H16BrNO2/c1-8-4-5-9(12)10(6-8)13-7-11(14-2)15-3/h4-6,11,13H,7H2,1-3H3. The second kappa shape index (κ2) is 6.10. The molecule has 1 rings (SSSR count). The minimum Gasteiger partial charge on any atom is -0.379 e. The summed E-state index contributed by atoms with van der Waals surface area (Å²) in [6.45, 7) is 2.68. The average molecular weight is 274 g/mol. The van der Waals surface area contributed by atoms with E-state index in [-0.39, 0.29) is 6.29 Å². The van der Waals surface area contributed by atoms with E-state index in [1.54, 1.807) is 14.2 Å². The highest BCUT2D eigenvalue weighted by molar-refractivity contribution is 9.10. The van der Waals surface area contributed by atoms with Gasteiger partial charge in [0.2, 0.25) is 0 Å². The van der Waals surface area contributed by atoms with E-state index in [0.717, 1.165) is 10.2 Å². The van der Waals surface area contributed by atoms with Crippen LogP contribution >= 0.6 is 15.9 Å². The highest BCUT2D eigenvalue weighted by Crippen LogP contribution is 2.23. The predicted octanol–water partition coefficient (Wildman–Crippen LogP) is 2.79. The molecule has 0 saturated heterocycles. The molecule has 0 aliphatic heterocycles. The van der Waals surface area contributed by atoms with E-state index in [1.807, 2.05) is 6.07 Å². The van der Waals surface area contributed by atoms with Gasteiger partial charge in [-0.05, 0) is 40.5 Å². The summed E-state index contributed by atoms with van der Waals surface area (Å²) in [6.07, 6.45) is -0.225. The molecule has 1 aromatic rings. The van der Waals surface area contributed by atoms with Crippen molar-refractivity contribution in [2.75, 3.05) is 26.1 Å². The van der Waals surface area contributed by atoms with Crippen LogP contribution in [-0.2, 0) is 9.47 Å². The third-order valence-electron chi connectivity index (χ3n) is 2.11. The first-order chi connectivity index (χ1) is 7.17. The summed E-state index contributed by atoms with van der Waals surface area (Å²) < 4.78 is 11.2. The van der Waals surface area contributed by atoms with E-state index in [1.165, 1.54) is 5.56 Å². The molecule has 0 aromatic heterocycles. The van der Waals surface area contributed by atoms with E-state index in [0.29, 0.717) is 6.54 Å². The summed E-state index contributed by atoms with van der Waals surface area (Å²) in [5, 5.41) is 3.26. The van der Waals surface area contributed by atoms with E-state index in [2.05, 4.69) is 40.3 Å². The SMILES string of the molecule is COC(CNc1cc(C)ccc1Br)OC. The summed E-state index contributed by atoms with van der Waals surface area (Å²) in [5.74, 6) is 0. The third-order valence-corrected chi connectivity index (χ3v) is 2.80. The lowest BCUT2D eigenvalue weighted by atomic mass is 10.2. The number of anilines is 1. The monoisotopic (exact) mass is 273 g/mol. The van der Waals surface area contributed by atoms with Gasteiger partial charge in [-0.25, -0.2) is 0 Å². The Morgan fingerprint density at radius 3 is 2.60 bits per heavy atom. The lowest BCUT2D eigenvalue weighted by Gasteiger charge is -2.16. The number of ether oxygens (including phenoxy) is 2. The summed E-state index contributed by atoms with van der Waals surface area (Å²) in [7, 11) is 3.25. The highest BCUT2D eigenvalue weighted by atomic mass is 79.9. The summed E-state index contributed by atoms with van der Waals surface area (Å²) in [4.78, 5) is 0. The zero-order chi connectivity index (χ0) is 11.3. The van der Waals surface area contributed by atoms with Crippen molar-refractivity contribution in [3.63, 3.8) is 0 Å². The topological polar surface area (TPSA) is 30.5 Å². The van der Waals surface area contributed by atoms with E-state index in [4.69, 9.17) is 9.47 Å². The van der Waals surface area contributed by atoms with Crippen LogP contribution in [0.1, 0.15) is 5.56 Å². The number of nitrogens with one attached hydrogen (secondary N) is 1. The average Bonchev–Trinajstić information content (AvgIpc) is 2.24. The summed E-state index contributed by atoms with van der Waals surface area (Å²) in [6, 6.07) is 6.15. The van der Waals surface area contributed by atoms with Crippen molar-refractivity contribution in [2.45, 2.75) is 13.2 Å². The largest absolute Gasteiger partial charge is 0.379 e. The number of hydrogen-bond donors (Lipinski definition) is 1. The number of aryl methyl sites for hydroxylation is 1. The van der Waals surface area contributed by atoms with Crippen molar-refractivity contribution in [1.29, 1.82) is 0 Å². The molecule has 0 spiro atoms. The maximum Gasteiger partial charge on any atom is 0.173 e. The lowest BCUT2D eigenvalue weighted by molar-refractivity contribution is -0.0914. The molecule has 84 valence electrons. The second-order valence-corrected chi connectivity index (χ2v) is 4.12. The van der Waals surface area contributed by atoms with Gasteiger partial charge in [0.1, 0.15) is 0 Å². The van der Waals surface area contributed by atoms with Crippen LogP contribution in [-0.4, -0.2) is 27.1 Å². The van der Waals surface area contributed by atoms with Gasteiger partial charge in [0.15, 0.2) is 6.29 Å². The Hall–Kier alpha value is -0.580. The summed E-state index contributed by atoms with van der Waals surface area (Å²) >= 11 is 3.48. The molecule has 15 heavy (non-hydrogen) atoms. The molecule has 0 amide bonds. The van der Waals surface area contributed by atoms with Crippen molar-refractivity contribution in [3.8, 4) is 0 Å². The number of hydrogen-bond acceptors (Lipinski definition) is 3. The van der Waals surface area contributed by atoms with Gasteiger partial charge in [-0.1, -0.05) is 6.07 Å². The fraction of sp³-hybridized carbons (Fsp3) is 0.455. The van der Waals surface area contributed by atoms with Crippen molar-refractivity contribution < 1.29 is 9.47 Å². The van der Waals surface area contributed by atoms with Crippen molar-refractivity contribution in [3.05, 3.63) is 28.2 Å². The lowest BCUT2D eigenvalue weighted by Crippen LogP contribution is -2.23. The third kappa shape index (κ3) is 3.81. The fourth-order valence-electron chi connectivity index (χ4n) is 1.23. The van der Waals surface area contributed by atoms with Crippen molar-refractivity contribution in [2.24, 2.45) is 0 Å². The molecule has 1 N–H and O–H groups in total. The van der Waals surface area contributed by atoms with Gasteiger partial charge >= 0.3 is 0 Å². The number of halogens is 1. The molecule has 3 nitrogen and oxygen atoms in total. The molecule has 0 atom stereocenters. The van der Waals surface area contributed by atoms with Crippen molar-refractivity contribution in [1.82, 2.24) is 0 Å². The molecular weight excluding hydrogens is 258 g/mol. The minimum absolute atomic E-state index is 0.225. The van der Waals surface area contributed by atoms with Crippen LogP contribution < -0.4 is 5.32 Å². The molecular formula is C11H16BrNO2. The molecule has 0 heterocycles. The quantitative estimate of drug-likeness (QED) is 0.837. The summed E-state index contributed by atoms with van der Waals surface area (Å²) in [5.41, 5.74) is 2.26. The maximum atomic E-state index is 5.09. The van der Waals surface area contributed by atoms with Crippen LogP contribution in [0.3, 0.4) is 0 Å². The van der Waals surface area contributed by atoms with Gasteiger partial charge in [0.25, 0.3) is 0 Å². The van der Waals surface area contributed by atoms with Crippen LogP contribution in [0.15, 0.2) is 22.7 Å². The fourth-order valence-corrected chi connectivity index (χ4v) is 1.62. The first-order valence-electron chi connectivity index (χ1n) is 4.73. The molecule has 4 heteroatoms. The Kier molecular flexibility index (Phi) is 5.08. The molecule has 0 aliphatic carbocycles. The predicted molar refractivity (Wildman–Crippen MR) is 65.2 cm³/mol. The molecule has 0 radical (unpaired) electrons. The molecule has 0 aliphatic rings. The molecule has 0 bridgehead atoms.